The minimum Gasteiger partial charge on any atom is -0.343 e. The van der Waals surface area contributed by atoms with Crippen molar-refractivity contribution in [2.45, 2.75) is 0 Å². The van der Waals surface area contributed by atoms with E-state index >= 15 is 0 Å². The van der Waals surface area contributed by atoms with Gasteiger partial charge in [-0.2, -0.15) is 0 Å². The van der Waals surface area contributed by atoms with Crippen LogP contribution in [0.5, 0.6) is 0 Å². The fourth-order valence-corrected chi connectivity index (χ4v) is 0. The van der Waals surface area contributed by atoms with Gasteiger partial charge in [-0.3, -0.25) is 0 Å². The van der Waals surface area contributed by atoms with Gasteiger partial charge in [0.15, 0.2) is 0 Å². The van der Waals surface area contributed by atoms with Crippen molar-refractivity contribution in [2.24, 2.45) is 0 Å². The molecule has 5 heavy (non-hydrogen) atoms. The Kier molecular flexibility index (Phi) is 90.4. The third kappa shape index (κ3) is 130. The second-order valence-corrected chi connectivity index (χ2v) is 0.167. The van der Waals surface area contributed by atoms with Crippen LogP contribution in [0.3, 0.4) is 0 Å². The van der Waals surface area contributed by atoms with E-state index in [1.807, 2.05) is 0 Å². The molecule has 3 heteroatoms. The maximum atomic E-state index is 8.69. The summed E-state index contributed by atoms with van der Waals surface area (Å²) in [6.07, 6.45) is 0.500. The minimum absolute atomic E-state index is 0. The van der Waals surface area contributed by atoms with Crippen molar-refractivity contribution in [3.8, 4) is 0 Å². The fourth-order valence-electron chi connectivity index (χ4n) is 0. The van der Waals surface area contributed by atoms with Crippen molar-refractivity contribution in [1.82, 2.24) is 0 Å². The molecule has 0 radical (unpaired) electrons. The van der Waals surface area contributed by atoms with Crippen molar-refractivity contribution < 1.29 is 24.3 Å². The Balaban J connectivity index is -0.0000000200. The SMILES string of the molecule is Cl.[CH2-]C=O.[Zn]. The largest absolute Gasteiger partial charge is 0.343 e. The summed E-state index contributed by atoms with van der Waals surface area (Å²) >= 11 is 0. The molecule has 0 heterocycles. The predicted molar refractivity (Wildman–Crippen MR) is 18.7 cm³/mol. The quantitative estimate of drug-likeness (QED) is 0.274. The summed E-state index contributed by atoms with van der Waals surface area (Å²) in [5.74, 6) is 0. The number of carbonyl (C=O) groups excluding carboxylic acids is 1. The Morgan fingerprint density at radius 2 is 1.60 bits per heavy atom. The van der Waals surface area contributed by atoms with Crippen LogP contribution in [0.15, 0.2) is 0 Å². The van der Waals surface area contributed by atoms with Crippen LogP contribution >= 0.6 is 12.4 Å². The maximum Gasteiger partial charge on any atom is 0 e. The van der Waals surface area contributed by atoms with Crippen molar-refractivity contribution in [3.63, 3.8) is 0 Å². The Labute approximate surface area is 50.3 Å². The molecular weight excluding hydrogens is 141 g/mol. The number of hydrogen-bond acceptors (Lipinski definition) is 1. The summed E-state index contributed by atoms with van der Waals surface area (Å²) in [6.45, 7) is 2.81. The molecule has 0 aromatic heterocycles. The first-order chi connectivity index (χ1) is 1.41. The molecule has 0 aromatic carbocycles. The van der Waals surface area contributed by atoms with Gasteiger partial charge in [0, 0.05) is 19.5 Å². The maximum absolute atomic E-state index is 8.69. The van der Waals surface area contributed by atoms with Gasteiger partial charge in [-0.15, -0.1) is 12.4 Å². The average Bonchev–Trinajstić information content (AvgIpc) is 0.918. The van der Waals surface area contributed by atoms with Crippen LogP contribution in [-0.4, -0.2) is 6.29 Å². The van der Waals surface area contributed by atoms with Gasteiger partial charge in [0.05, 0.1) is 0 Å². The molecule has 0 atom stereocenters. The first kappa shape index (κ1) is 18.0. The molecule has 0 spiro atoms. The van der Waals surface area contributed by atoms with Crippen LogP contribution in [-0.2, 0) is 24.3 Å². The molecule has 28 valence electrons. The molecule has 0 aliphatic carbocycles. The molecule has 0 amide bonds. The number of aldehydes is 1. The van der Waals surface area contributed by atoms with Gasteiger partial charge in [-0.25, -0.2) is 0 Å². The monoisotopic (exact) mass is 143 g/mol. The van der Waals surface area contributed by atoms with E-state index in [0.29, 0.717) is 6.29 Å². The molecule has 0 fully saturated rings. The van der Waals surface area contributed by atoms with E-state index < -0.39 is 0 Å². The summed E-state index contributed by atoms with van der Waals surface area (Å²) in [4.78, 5) is 8.69. The van der Waals surface area contributed by atoms with E-state index in [2.05, 4.69) is 6.92 Å². The van der Waals surface area contributed by atoms with Gasteiger partial charge in [0.1, 0.15) is 0 Å². The van der Waals surface area contributed by atoms with Gasteiger partial charge >= 0.3 is 0 Å². The standard InChI is InChI=1S/C2H3O.ClH.Zn/c1-2-3;;/h2H,1H2;1H;/q-1;;. The molecule has 0 unspecified atom stereocenters. The number of carbonyl (C=O) groups is 1. The molecule has 0 aromatic rings. The first-order valence-corrected chi connectivity index (χ1v) is 0.644. The summed E-state index contributed by atoms with van der Waals surface area (Å²) in [6, 6.07) is 0. The molecule has 1 nitrogen and oxygen atoms in total. The predicted octanol–water partition coefficient (Wildman–Crippen LogP) is 0.439. The van der Waals surface area contributed by atoms with Crippen LogP contribution in [0, 0.1) is 6.92 Å². The van der Waals surface area contributed by atoms with Crippen LogP contribution < -0.4 is 0 Å². The normalized spacial score (nSPS) is 2.40. The topological polar surface area (TPSA) is 17.1 Å². The molecule has 0 aliphatic rings. The Morgan fingerprint density at radius 3 is 1.60 bits per heavy atom. The zero-order valence-electron chi connectivity index (χ0n) is 2.81. The van der Waals surface area contributed by atoms with Gasteiger partial charge in [0.2, 0.25) is 0 Å². The molecule has 0 saturated heterocycles. The smallest absolute Gasteiger partial charge is 0 e. The number of halogens is 1. The Hall–Kier alpha value is 0.453. The second-order valence-electron chi connectivity index (χ2n) is 0.167. The van der Waals surface area contributed by atoms with E-state index in [1.165, 1.54) is 0 Å². The first-order valence-electron chi connectivity index (χ1n) is 0.644. The van der Waals surface area contributed by atoms with Crippen molar-refractivity contribution >= 4 is 18.7 Å². The minimum atomic E-state index is 0. The molecule has 0 aliphatic heterocycles. The van der Waals surface area contributed by atoms with Gasteiger partial charge in [-0.05, 0) is 6.29 Å². The molecular formula is C2H4ClOZn-. The molecule has 0 bridgehead atoms. The van der Waals surface area contributed by atoms with Crippen molar-refractivity contribution in [3.05, 3.63) is 6.92 Å². The average molecular weight is 145 g/mol. The van der Waals surface area contributed by atoms with Crippen molar-refractivity contribution in [2.75, 3.05) is 0 Å². The van der Waals surface area contributed by atoms with Crippen LogP contribution in [0.25, 0.3) is 0 Å². The zero-order chi connectivity index (χ0) is 2.71. The van der Waals surface area contributed by atoms with E-state index in [-0.39, 0.29) is 31.9 Å². The van der Waals surface area contributed by atoms with E-state index in [4.69, 9.17) is 4.79 Å². The second kappa shape index (κ2) is 25.1. The van der Waals surface area contributed by atoms with Gasteiger partial charge in [0.25, 0.3) is 0 Å². The van der Waals surface area contributed by atoms with E-state index in [9.17, 15) is 0 Å². The molecule has 0 saturated carbocycles. The van der Waals surface area contributed by atoms with E-state index in [1.54, 1.807) is 0 Å². The van der Waals surface area contributed by atoms with Crippen molar-refractivity contribution in [1.29, 1.82) is 0 Å². The van der Waals surface area contributed by atoms with Gasteiger partial charge < -0.3 is 11.7 Å². The number of rotatable bonds is 0. The van der Waals surface area contributed by atoms with Gasteiger partial charge in [-0.1, -0.05) is 0 Å². The number of hydrogen-bond donors (Lipinski definition) is 0. The Morgan fingerprint density at radius 1 is 1.60 bits per heavy atom. The Bertz CT molecular complexity index is 17.1. The summed E-state index contributed by atoms with van der Waals surface area (Å²) in [5.41, 5.74) is 0. The summed E-state index contributed by atoms with van der Waals surface area (Å²) in [5, 5.41) is 0. The summed E-state index contributed by atoms with van der Waals surface area (Å²) in [7, 11) is 0. The summed E-state index contributed by atoms with van der Waals surface area (Å²) < 4.78 is 0. The van der Waals surface area contributed by atoms with Crippen LogP contribution in [0.4, 0.5) is 0 Å². The zero-order valence-corrected chi connectivity index (χ0v) is 6.59. The van der Waals surface area contributed by atoms with Crippen LogP contribution in [0.1, 0.15) is 0 Å². The fraction of sp³-hybridized carbons (Fsp3) is 0. The third-order valence-electron chi connectivity index (χ3n) is 0. The third-order valence-corrected chi connectivity index (χ3v) is 0. The van der Waals surface area contributed by atoms with Crippen LogP contribution in [0.2, 0.25) is 0 Å². The van der Waals surface area contributed by atoms with E-state index in [0.717, 1.165) is 0 Å². The molecule has 0 rings (SSSR count). The molecule has 0 N–H and O–H groups in total.